The third-order valence-electron chi connectivity index (χ3n) is 3.85. The van der Waals surface area contributed by atoms with Crippen LogP contribution in [0.1, 0.15) is 17.9 Å². The third-order valence-corrected chi connectivity index (χ3v) is 5.61. The minimum absolute atomic E-state index is 0.296. The summed E-state index contributed by atoms with van der Waals surface area (Å²) in [6.45, 7) is 2.33. The number of hydrogen-bond acceptors (Lipinski definition) is 5. The molecular weight excluding hydrogens is 287 g/mol. The van der Waals surface area contributed by atoms with Crippen molar-refractivity contribution in [1.82, 2.24) is 9.55 Å². The van der Waals surface area contributed by atoms with Gasteiger partial charge in [0.05, 0.1) is 13.2 Å². The van der Waals surface area contributed by atoms with E-state index in [1.165, 1.54) is 20.0 Å². The minimum atomic E-state index is -1.52. The lowest BCUT2D eigenvalue weighted by Crippen LogP contribution is -2.41. The van der Waals surface area contributed by atoms with Gasteiger partial charge < -0.3 is 10.2 Å². The number of thioether (sulfide) groups is 1. The lowest BCUT2D eigenvalue weighted by molar-refractivity contribution is 0.0372. The van der Waals surface area contributed by atoms with E-state index in [-0.39, 0.29) is 6.61 Å². The number of aliphatic hydroxyl groups is 2. The number of alkyl halides is 1. The average Bonchev–Trinajstić information content (AvgIpc) is 2.67. The summed E-state index contributed by atoms with van der Waals surface area (Å²) in [5, 5.41) is 17.4. The van der Waals surface area contributed by atoms with Gasteiger partial charge in [-0.3, -0.25) is 14.3 Å². The lowest BCUT2D eigenvalue weighted by atomic mass is 9.82. The van der Waals surface area contributed by atoms with Gasteiger partial charge in [-0.05, 0) is 6.92 Å². The van der Waals surface area contributed by atoms with Gasteiger partial charge in [-0.25, -0.2) is 9.18 Å². The second kappa shape index (κ2) is 5.34. The number of aryl methyl sites for hydroxylation is 1. The summed E-state index contributed by atoms with van der Waals surface area (Å²) in [6, 6.07) is 0. The zero-order valence-corrected chi connectivity index (χ0v) is 12.0. The van der Waals surface area contributed by atoms with Gasteiger partial charge in [-0.1, -0.05) is 6.92 Å². The number of H-pyrrole nitrogens is 1. The predicted octanol–water partition coefficient (Wildman–Crippen LogP) is -0.212. The first-order valence-corrected chi connectivity index (χ1v) is 7.12. The fraction of sp³-hybridized carbons (Fsp3) is 0.667. The Hall–Kier alpha value is -1.12. The smallest absolute Gasteiger partial charge is 0.329 e. The van der Waals surface area contributed by atoms with E-state index in [1.54, 1.807) is 0 Å². The van der Waals surface area contributed by atoms with Crippen LogP contribution in [0, 0.1) is 12.3 Å². The molecule has 0 bridgehead atoms. The maximum atomic E-state index is 14.6. The Balaban J connectivity index is 2.48. The Kier molecular flexibility index (Phi) is 4.08. The molecule has 0 saturated carbocycles. The summed E-state index contributed by atoms with van der Waals surface area (Å²) in [5.74, 6) is 0. The summed E-state index contributed by atoms with van der Waals surface area (Å²) < 4.78 is 15.7. The summed E-state index contributed by atoms with van der Waals surface area (Å²) >= 11 is 1.09. The number of aromatic nitrogens is 2. The van der Waals surface area contributed by atoms with Crippen molar-refractivity contribution in [3.05, 3.63) is 32.6 Å². The monoisotopic (exact) mass is 304 g/mol. The predicted molar refractivity (Wildman–Crippen MR) is 73.7 cm³/mol. The van der Waals surface area contributed by atoms with Crippen LogP contribution < -0.4 is 11.2 Å². The van der Waals surface area contributed by atoms with Gasteiger partial charge in [0.25, 0.3) is 5.56 Å². The Labute approximate surface area is 118 Å². The SMILES string of the molecule is Cc1cn([C@@H]2S[C@H](CO)[C@@](C)(CO)[C@@H]2F)c(=O)[nH]c1=O. The van der Waals surface area contributed by atoms with E-state index < -0.39 is 40.1 Å². The van der Waals surface area contributed by atoms with E-state index in [2.05, 4.69) is 4.98 Å². The summed E-state index contributed by atoms with van der Waals surface area (Å²) in [4.78, 5) is 25.3. The van der Waals surface area contributed by atoms with E-state index in [4.69, 9.17) is 0 Å². The molecule has 4 atom stereocenters. The standard InChI is InChI=1S/C12H17FN2O4S/c1-6-3-15(11(19)14-9(6)18)10-8(13)12(2,5-17)7(4-16)20-10/h3,7-8,10,16-17H,4-5H2,1-2H3,(H,14,18,19)/t7-,8-,10-,12-/m1/s1. The van der Waals surface area contributed by atoms with Crippen LogP contribution in [0.3, 0.4) is 0 Å². The molecule has 0 radical (unpaired) electrons. The highest BCUT2D eigenvalue weighted by Gasteiger charge is 2.54. The van der Waals surface area contributed by atoms with Gasteiger partial charge in [0.2, 0.25) is 0 Å². The first-order chi connectivity index (χ1) is 9.35. The van der Waals surface area contributed by atoms with E-state index >= 15 is 0 Å². The molecule has 2 rings (SSSR count). The van der Waals surface area contributed by atoms with E-state index in [0.717, 1.165) is 16.3 Å². The molecule has 3 N–H and O–H groups in total. The van der Waals surface area contributed by atoms with Crippen LogP contribution in [-0.2, 0) is 0 Å². The highest BCUT2D eigenvalue weighted by Crippen LogP contribution is 2.53. The number of aliphatic hydroxyl groups excluding tert-OH is 2. The molecule has 8 heteroatoms. The number of rotatable bonds is 3. The molecule has 0 aliphatic carbocycles. The molecule has 2 heterocycles. The summed E-state index contributed by atoms with van der Waals surface area (Å²) in [5.41, 5.74) is -2.03. The van der Waals surface area contributed by atoms with Gasteiger partial charge in [-0.15, -0.1) is 11.8 Å². The zero-order chi connectivity index (χ0) is 15.1. The van der Waals surface area contributed by atoms with Gasteiger partial charge >= 0.3 is 5.69 Å². The molecule has 1 aliphatic heterocycles. The fourth-order valence-electron chi connectivity index (χ4n) is 2.32. The molecule has 1 aromatic heterocycles. The molecule has 0 unspecified atom stereocenters. The Bertz CT molecular complexity index is 616. The van der Waals surface area contributed by atoms with Crippen molar-refractivity contribution in [3.8, 4) is 0 Å². The molecule has 0 amide bonds. The second-order valence-corrected chi connectivity index (χ2v) is 6.57. The first-order valence-electron chi connectivity index (χ1n) is 6.18. The Morgan fingerprint density at radius 1 is 1.50 bits per heavy atom. The van der Waals surface area contributed by atoms with Crippen molar-refractivity contribution in [1.29, 1.82) is 0 Å². The van der Waals surface area contributed by atoms with E-state index in [0.29, 0.717) is 5.56 Å². The molecule has 1 aliphatic rings. The quantitative estimate of drug-likeness (QED) is 0.718. The van der Waals surface area contributed by atoms with Crippen molar-refractivity contribution in [3.63, 3.8) is 0 Å². The van der Waals surface area contributed by atoms with Crippen molar-refractivity contribution in [2.24, 2.45) is 5.41 Å². The highest BCUT2D eigenvalue weighted by atomic mass is 32.2. The first kappa shape index (κ1) is 15.3. The number of halogens is 1. The van der Waals surface area contributed by atoms with Crippen molar-refractivity contribution in [2.45, 2.75) is 30.6 Å². The molecule has 0 spiro atoms. The van der Waals surface area contributed by atoms with Crippen LogP contribution in [0.15, 0.2) is 15.8 Å². The number of nitrogens with zero attached hydrogens (tertiary/aromatic N) is 1. The van der Waals surface area contributed by atoms with Crippen LogP contribution >= 0.6 is 11.8 Å². The highest BCUT2D eigenvalue weighted by molar-refractivity contribution is 8.00. The van der Waals surface area contributed by atoms with Crippen molar-refractivity contribution < 1.29 is 14.6 Å². The van der Waals surface area contributed by atoms with Crippen LogP contribution in [0.4, 0.5) is 4.39 Å². The maximum Gasteiger partial charge on any atom is 0.329 e. The molecule has 1 aromatic rings. The number of hydrogen-bond donors (Lipinski definition) is 3. The van der Waals surface area contributed by atoms with E-state index in [1.807, 2.05) is 0 Å². The minimum Gasteiger partial charge on any atom is -0.396 e. The van der Waals surface area contributed by atoms with Crippen LogP contribution in [0.25, 0.3) is 0 Å². The lowest BCUT2D eigenvalue weighted by Gasteiger charge is -2.29. The normalized spacial score (nSPS) is 33.5. The summed E-state index contributed by atoms with van der Waals surface area (Å²) in [6.07, 6.45) is -0.208. The van der Waals surface area contributed by atoms with Crippen LogP contribution in [0.5, 0.6) is 0 Å². The molecule has 0 aromatic carbocycles. The molecule has 112 valence electrons. The second-order valence-electron chi connectivity index (χ2n) is 5.24. The molecule has 20 heavy (non-hydrogen) atoms. The van der Waals surface area contributed by atoms with Crippen LogP contribution in [0.2, 0.25) is 0 Å². The molecule has 1 fully saturated rings. The Morgan fingerprint density at radius 3 is 2.65 bits per heavy atom. The van der Waals surface area contributed by atoms with Gasteiger partial charge in [0, 0.05) is 22.4 Å². The largest absolute Gasteiger partial charge is 0.396 e. The molecule has 1 saturated heterocycles. The summed E-state index contributed by atoms with van der Waals surface area (Å²) in [7, 11) is 0. The number of aromatic amines is 1. The number of nitrogens with one attached hydrogen (secondary N) is 1. The zero-order valence-electron chi connectivity index (χ0n) is 11.2. The third kappa shape index (κ3) is 2.21. The van der Waals surface area contributed by atoms with E-state index in [9.17, 15) is 24.2 Å². The average molecular weight is 304 g/mol. The maximum absolute atomic E-state index is 14.6. The van der Waals surface area contributed by atoms with Gasteiger partial charge in [0.15, 0.2) is 0 Å². The fourth-order valence-corrected chi connectivity index (χ4v) is 3.99. The van der Waals surface area contributed by atoms with Crippen molar-refractivity contribution in [2.75, 3.05) is 13.2 Å². The van der Waals surface area contributed by atoms with Gasteiger partial charge in [0.1, 0.15) is 11.5 Å². The molecule has 6 nitrogen and oxygen atoms in total. The van der Waals surface area contributed by atoms with Crippen LogP contribution in [-0.4, -0.2) is 44.4 Å². The van der Waals surface area contributed by atoms with Crippen molar-refractivity contribution >= 4 is 11.8 Å². The molecular formula is C12H17FN2O4S. The Morgan fingerprint density at radius 2 is 2.15 bits per heavy atom. The topological polar surface area (TPSA) is 95.3 Å². The van der Waals surface area contributed by atoms with Gasteiger partial charge in [-0.2, -0.15) is 0 Å².